The first kappa shape index (κ1) is 20.5. The van der Waals surface area contributed by atoms with E-state index in [1.54, 1.807) is 36.3 Å². The standard InChI is InChI=1S/C18H21ClN4O4S/c1-11(9-26-2)23-8-12(7-16(23)24)17(25)20-18-22-21-15(28-18)10-27-14-5-3-13(19)4-6-14/h3-6,11-12H,7-10H2,1-2H3,(H,20,22,25)/t11-,12+/m1/s1. The number of methoxy groups -OCH3 is 1. The molecule has 1 fully saturated rings. The second-order valence-electron chi connectivity index (χ2n) is 6.48. The van der Waals surface area contributed by atoms with Crippen molar-refractivity contribution in [2.24, 2.45) is 5.92 Å². The summed E-state index contributed by atoms with van der Waals surface area (Å²) < 4.78 is 10.7. The van der Waals surface area contributed by atoms with Crippen LogP contribution in [0.1, 0.15) is 18.4 Å². The van der Waals surface area contributed by atoms with Crippen LogP contribution in [-0.4, -0.2) is 53.2 Å². The molecule has 3 rings (SSSR count). The van der Waals surface area contributed by atoms with Gasteiger partial charge in [0.05, 0.1) is 18.6 Å². The van der Waals surface area contributed by atoms with Gasteiger partial charge >= 0.3 is 0 Å². The third kappa shape index (κ3) is 5.18. The lowest BCUT2D eigenvalue weighted by Crippen LogP contribution is -2.38. The van der Waals surface area contributed by atoms with Crippen LogP contribution in [0.4, 0.5) is 5.13 Å². The van der Waals surface area contributed by atoms with E-state index in [1.165, 1.54) is 11.3 Å². The minimum absolute atomic E-state index is 0.0426. The maximum atomic E-state index is 12.5. The second-order valence-corrected chi connectivity index (χ2v) is 7.98. The number of aromatic nitrogens is 2. The minimum atomic E-state index is -0.413. The average molecular weight is 425 g/mol. The number of nitrogens with zero attached hydrogens (tertiary/aromatic N) is 3. The van der Waals surface area contributed by atoms with Crippen LogP contribution in [0.15, 0.2) is 24.3 Å². The van der Waals surface area contributed by atoms with Gasteiger partial charge in [0.25, 0.3) is 0 Å². The highest BCUT2D eigenvalue weighted by Gasteiger charge is 2.36. The molecule has 1 aliphatic rings. The number of amides is 2. The van der Waals surface area contributed by atoms with E-state index in [0.717, 1.165) is 0 Å². The van der Waals surface area contributed by atoms with Crippen LogP contribution in [0.25, 0.3) is 0 Å². The van der Waals surface area contributed by atoms with E-state index in [2.05, 4.69) is 15.5 Å². The number of hydrogen-bond acceptors (Lipinski definition) is 7. The smallest absolute Gasteiger partial charge is 0.231 e. The molecule has 0 bridgehead atoms. The molecular weight excluding hydrogens is 404 g/mol. The topological polar surface area (TPSA) is 93.7 Å². The number of ether oxygens (including phenoxy) is 2. The first-order valence-electron chi connectivity index (χ1n) is 8.76. The third-order valence-corrected chi connectivity index (χ3v) is 5.41. The average Bonchev–Trinajstić information content (AvgIpc) is 3.28. The Kier molecular flexibility index (Phi) is 6.82. The van der Waals surface area contributed by atoms with Gasteiger partial charge in [-0.25, -0.2) is 0 Å². The monoisotopic (exact) mass is 424 g/mol. The van der Waals surface area contributed by atoms with Crippen LogP contribution in [0.2, 0.25) is 5.02 Å². The first-order chi connectivity index (χ1) is 13.5. The Balaban J connectivity index is 1.51. The molecule has 1 aliphatic heterocycles. The molecule has 0 unspecified atom stereocenters. The maximum Gasteiger partial charge on any atom is 0.231 e. The fourth-order valence-electron chi connectivity index (χ4n) is 2.91. The van der Waals surface area contributed by atoms with Crippen LogP contribution in [0.5, 0.6) is 5.75 Å². The fourth-order valence-corrected chi connectivity index (χ4v) is 3.69. The zero-order chi connectivity index (χ0) is 20.1. The van der Waals surface area contributed by atoms with Gasteiger partial charge in [0.2, 0.25) is 16.9 Å². The lowest BCUT2D eigenvalue weighted by atomic mass is 10.1. The van der Waals surface area contributed by atoms with E-state index in [-0.39, 0.29) is 30.9 Å². The maximum absolute atomic E-state index is 12.5. The summed E-state index contributed by atoms with van der Waals surface area (Å²) in [5.74, 6) is -0.0230. The molecule has 2 heterocycles. The number of nitrogens with one attached hydrogen (secondary N) is 1. The summed E-state index contributed by atoms with van der Waals surface area (Å²) in [6.07, 6.45) is 0.186. The predicted octanol–water partition coefficient (Wildman–Crippen LogP) is 2.59. The first-order valence-corrected chi connectivity index (χ1v) is 9.95. The van der Waals surface area contributed by atoms with Gasteiger partial charge in [-0.1, -0.05) is 22.9 Å². The molecule has 1 saturated heterocycles. The van der Waals surface area contributed by atoms with Crippen molar-refractivity contribution >= 4 is 39.9 Å². The van der Waals surface area contributed by atoms with Crippen LogP contribution < -0.4 is 10.1 Å². The highest BCUT2D eigenvalue weighted by atomic mass is 35.5. The molecule has 2 atom stereocenters. The van der Waals surface area contributed by atoms with Gasteiger partial charge in [0.15, 0.2) is 5.01 Å². The molecule has 0 saturated carbocycles. The molecule has 1 N–H and O–H groups in total. The number of rotatable bonds is 8. The van der Waals surface area contributed by atoms with Gasteiger partial charge < -0.3 is 19.7 Å². The molecule has 2 amide bonds. The number of likely N-dealkylation sites (tertiary alicyclic amines) is 1. The van der Waals surface area contributed by atoms with Crippen molar-refractivity contribution in [1.82, 2.24) is 15.1 Å². The fraction of sp³-hybridized carbons (Fsp3) is 0.444. The Morgan fingerprint density at radius 3 is 2.86 bits per heavy atom. The van der Waals surface area contributed by atoms with Gasteiger partial charge in [-0.05, 0) is 31.2 Å². The summed E-state index contributed by atoms with van der Waals surface area (Å²) in [6.45, 7) is 2.95. The van der Waals surface area contributed by atoms with Crippen molar-refractivity contribution < 1.29 is 19.1 Å². The van der Waals surface area contributed by atoms with Gasteiger partial charge in [-0.3, -0.25) is 9.59 Å². The summed E-state index contributed by atoms with van der Waals surface area (Å²) in [7, 11) is 1.59. The summed E-state index contributed by atoms with van der Waals surface area (Å²) >= 11 is 7.07. The van der Waals surface area contributed by atoms with Crippen molar-refractivity contribution in [2.45, 2.75) is 26.0 Å². The minimum Gasteiger partial charge on any atom is -0.486 e. The molecule has 8 nitrogen and oxygen atoms in total. The van der Waals surface area contributed by atoms with E-state index < -0.39 is 5.92 Å². The highest BCUT2D eigenvalue weighted by Crippen LogP contribution is 2.24. The van der Waals surface area contributed by atoms with Crippen molar-refractivity contribution in [3.05, 3.63) is 34.3 Å². The number of carbonyl (C=O) groups is 2. The second kappa shape index (κ2) is 9.31. The van der Waals surface area contributed by atoms with Gasteiger partial charge in [-0.2, -0.15) is 0 Å². The lowest BCUT2D eigenvalue weighted by Gasteiger charge is -2.23. The van der Waals surface area contributed by atoms with E-state index in [9.17, 15) is 9.59 Å². The Morgan fingerprint density at radius 1 is 1.39 bits per heavy atom. The van der Waals surface area contributed by atoms with Crippen LogP contribution in [-0.2, 0) is 20.9 Å². The van der Waals surface area contributed by atoms with E-state index in [0.29, 0.717) is 34.1 Å². The molecule has 150 valence electrons. The highest BCUT2D eigenvalue weighted by molar-refractivity contribution is 7.15. The zero-order valence-electron chi connectivity index (χ0n) is 15.6. The largest absolute Gasteiger partial charge is 0.486 e. The zero-order valence-corrected chi connectivity index (χ0v) is 17.1. The van der Waals surface area contributed by atoms with E-state index in [4.69, 9.17) is 21.1 Å². The predicted molar refractivity (Wildman–Crippen MR) is 105 cm³/mol. The van der Waals surface area contributed by atoms with Gasteiger partial charge in [-0.15, -0.1) is 10.2 Å². The molecule has 0 aliphatic carbocycles. The Hall–Kier alpha value is -2.23. The molecule has 28 heavy (non-hydrogen) atoms. The molecular formula is C18H21ClN4O4S. The summed E-state index contributed by atoms with van der Waals surface area (Å²) in [4.78, 5) is 26.3. The van der Waals surface area contributed by atoms with E-state index >= 15 is 0 Å². The van der Waals surface area contributed by atoms with Gasteiger partial charge in [0.1, 0.15) is 12.4 Å². The summed E-state index contributed by atoms with van der Waals surface area (Å²) in [5, 5.41) is 12.4. The number of benzene rings is 1. The number of hydrogen-bond donors (Lipinski definition) is 1. The molecule has 0 spiro atoms. The summed E-state index contributed by atoms with van der Waals surface area (Å²) in [5.41, 5.74) is 0. The Labute approximate surface area is 171 Å². The summed E-state index contributed by atoms with van der Waals surface area (Å²) in [6, 6.07) is 6.94. The van der Waals surface area contributed by atoms with E-state index in [1.807, 2.05) is 6.92 Å². The molecule has 10 heteroatoms. The normalized spacial score (nSPS) is 17.6. The Bertz CT molecular complexity index is 829. The molecule has 1 aromatic heterocycles. The Morgan fingerprint density at radius 2 is 2.14 bits per heavy atom. The third-order valence-electron chi connectivity index (χ3n) is 4.34. The van der Waals surface area contributed by atoms with Crippen molar-refractivity contribution in [2.75, 3.05) is 25.6 Å². The number of carbonyl (C=O) groups excluding carboxylic acids is 2. The quantitative estimate of drug-likeness (QED) is 0.700. The number of halogens is 1. The molecule has 0 radical (unpaired) electrons. The van der Waals surface area contributed by atoms with Gasteiger partial charge in [0, 0.05) is 25.1 Å². The van der Waals surface area contributed by atoms with Crippen LogP contribution in [0, 0.1) is 5.92 Å². The SMILES string of the molecule is COC[C@@H](C)N1C[C@@H](C(=O)Nc2nnc(COc3ccc(Cl)cc3)s2)CC1=O. The van der Waals surface area contributed by atoms with Crippen LogP contribution >= 0.6 is 22.9 Å². The van der Waals surface area contributed by atoms with Crippen molar-refractivity contribution in [3.8, 4) is 5.75 Å². The van der Waals surface area contributed by atoms with Crippen molar-refractivity contribution in [3.63, 3.8) is 0 Å². The molecule has 1 aromatic carbocycles. The lowest BCUT2D eigenvalue weighted by molar-refractivity contribution is -0.130. The van der Waals surface area contributed by atoms with Crippen molar-refractivity contribution in [1.29, 1.82) is 0 Å². The molecule has 2 aromatic rings. The van der Waals surface area contributed by atoms with Crippen LogP contribution in [0.3, 0.4) is 0 Å². The number of anilines is 1.